The van der Waals surface area contributed by atoms with E-state index in [2.05, 4.69) is 13.8 Å². The third kappa shape index (κ3) is 4.12. The number of ether oxygens (including phenoxy) is 1. The van der Waals surface area contributed by atoms with Crippen LogP contribution in [0.4, 0.5) is 0 Å². The molecule has 2 unspecified atom stereocenters. The monoisotopic (exact) mass is 214 g/mol. The molecule has 0 bridgehead atoms. The molecule has 0 radical (unpaired) electrons. The van der Waals surface area contributed by atoms with Gasteiger partial charge in [-0.1, -0.05) is 26.7 Å². The molecule has 0 saturated carbocycles. The maximum absolute atomic E-state index is 10.3. The number of hydrogen-bond acceptors (Lipinski definition) is 2. The van der Waals surface area contributed by atoms with Gasteiger partial charge in [-0.15, -0.1) is 0 Å². The minimum Gasteiger partial charge on any atom is -0.392 e. The molecule has 2 heteroatoms. The Bertz CT molecular complexity index is 147. The van der Waals surface area contributed by atoms with Crippen LogP contribution in [0.3, 0.4) is 0 Å². The second kappa shape index (κ2) is 7.24. The Morgan fingerprint density at radius 3 is 2.40 bits per heavy atom. The van der Waals surface area contributed by atoms with Gasteiger partial charge in [0.2, 0.25) is 0 Å². The summed E-state index contributed by atoms with van der Waals surface area (Å²) in [6.45, 7) is 6.06. The van der Waals surface area contributed by atoms with Crippen molar-refractivity contribution in [2.75, 3.05) is 13.2 Å². The molecule has 0 aliphatic carbocycles. The lowest BCUT2D eigenvalue weighted by Gasteiger charge is -2.32. The lowest BCUT2D eigenvalue weighted by molar-refractivity contribution is -0.0364. The summed E-state index contributed by atoms with van der Waals surface area (Å²) in [4.78, 5) is 0. The van der Waals surface area contributed by atoms with Gasteiger partial charge in [0.05, 0.1) is 12.7 Å². The van der Waals surface area contributed by atoms with Crippen LogP contribution in [0, 0.1) is 11.8 Å². The average Bonchev–Trinajstić information content (AvgIpc) is 2.29. The molecule has 1 fully saturated rings. The number of aliphatic hydroxyl groups excluding tert-OH is 1. The molecular formula is C13H26O2. The van der Waals surface area contributed by atoms with Crippen molar-refractivity contribution in [3.05, 3.63) is 0 Å². The highest BCUT2D eigenvalue weighted by molar-refractivity contribution is 4.78. The summed E-state index contributed by atoms with van der Waals surface area (Å²) in [5, 5.41) is 10.3. The third-order valence-corrected chi connectivity index (χ3v) is 3.48. The molecule has 15 heavy (non-hydrogen) atoms. The maximum Gasteiger partial charge on any atom is 0.0618 e. The zero-order chi connectivity index (χ0) is 11.1. The van der Waals surface area contributed by atoms with Crippen molar-refractivity contribution in [2.24, 2.45) is 11.8 Å². The Balaban J connectivity index is 2.41. The molecule has 1 aliphatic rings. The molecule has 0 spiro atoms. The topological polar surface area (TPSA) is 29.5 Å². The summed E-state index contributed by atoms with van der Waals surface area (Å²) in [5.74, 6) is 0.883. The normalized spacial score (nSPS) is 24.4. The van der Waals surface area contributed by atoms with Crippen LogP contribution >= 0.6 is 0 Å². The molecule has 1 rings (SSSR count). The van der Waals surface area contributed by atoms with Crippen LogP contribution in [-0.4, -0.2) is 24.4 Å². The molecule has 1 heterocycles. The van der Waals surface area contributed by atoms with Gasteiger partial charge in [-0.3, -0.25) is 0 Å². The van der Waals surface area contributed by atoms with E-state index in [-0.39, 0.29) is 6.10 Å². The lowest BCUT2D eigenvalue weighted by Crippen LogP contribution is -2.34. The molecule has 1 saturated heterocycles. The van der Waals surface area contributed by atoms with E-state index in [1.807, 2.05) is 0 Å². The standard InChI is InChI=1S/C13H26O2/c1-3-6-11(7-4-2)13(14)12-8-5-9-15-10-12/h11-14H,3-10H2,1-2H3. The molecule has 1 N–H and O–H groups in total. The highest BCUT2D eigenvalue weighted by Gasteiger charge is 2.28. The summed E-state index contributed by atoms with van der Waals surface area (Å²) < 4.78 is 5.45. The molecule has 0 aromatic rings. The quantitative estimate of drug-likeness (QED) is 0.736. The average molecular weight is 214 g/mol. The lowest BCUT2D eigenvalue weighted by atomic mass is 9.82. The first-order valence-electron chi connectivity index (χ1n) is 6.55. The number of rotatable bonds is 6. The Kier molecular flexibility index (Phi) is 6.26. The van der Waals surface area contributed by atoms with E-state index in [0.717, 1.165) is 38.9 Å². The predicted molar refractivity (Wildman–Crippen MR) is 62.9 cm³/mol. The molecule has 2 atom stereocenters. The summed E-state index contributed by atoms with van der Waals surface area (Å²) in [6.07, 6.45) is 6.80. The van der Waals surface area contributed by atoms with Gasteiger partial charge in [0, 0.05) is 12.5 Å². The van der Waals surface area contributed by atoms with E-state index >= 15 is 0 Å². The first kappa shape index (κ1) is 13.0. The molecule has 90 valence electrons. The van der Waals surface area contributed by atoms with Crippen molar-refractivity contribution >= 4 is 0 Å². The molecular weight excluding hydrogens is 188 g/mol. The Morgan fingerprint density at radius 1 is 1.27 bits per heavy atom. The van der Waals surface area contributed by atoms with Gasteiger partial charge in [-0.2, -0.15) is 0 Å². The maximum atomic E-state index is 10.3. The fraction of sp³-hybridized carbons (Fsp3) is 1.00. The van der Waals surface area contributed by atoms with E-state index in [0.29, 0.717) is 11.8 Å². The minimum atomic E-state index is -0.134. The van der Waals surface area contributed by atoms with Gasteiger partial charge < -0.3 is 9.84 Å². The summed E-state index contributed by atoms with van der Waals surface area (Å²) in [7, 11) is 0. The summed E-state index contributed by atoms with van der Waals surface area (Å²) in [6, 6.07) is 0. The van der Waals surface area contributed by atoms with Gasteiger partial charge in [-0.25, -0.2) is 0 Å². The summed E-state index contributed by atoms with van der Waals surface area (Å²) in [5.41, 5.74) is 0. The van der Waals surface area contributed by atoms with Crippen LogP contribution in [0.15, 0.2) is 0 Å². The van der Waals surface area contributed by atoms with E-state index in [4.69, 9.17) is 4.74 Å². The second-order valence-electron chi connectivity index (χ2n) is 4.81. The Morgan fingerprint density at radius 2 is 1.93 bits per heavy atom. The van der Waals surface area contributed by atoms with Crippen LogP contribution in [0.2, 0.25) is 0 Å². The predicted octanol–water partition coefficient (Wildman–Crippen LogP) is 2.99. The molecule has 0 aromatic carbocycles. The van der Waals surface area contributed by atoms with E-state index in [1.54, 1.807) is 0 Å². The Labute approximate surface area is 94.0 Å². The molecule has 0 amide bonds. The van der Waals surface area contributed by atoms with Gasteiger partial charge >= 0.3 is 0 Å². The molecule has 0 aromatic heterocycles. The Hall–Kier alpha value is -0.0800. The van der Waals surface area contributed by atoms with Crippen LogP contribution in [0.5, 0.6) is 0 Å². The highest BCUT2D eigenvalue weighted by atomic mass is 16.5. The van der Waals surface area contributed by atoms with Gasteiger partial charge in [0.1, 0.15) is 0 Å². The minimum absolute atomic E-state index is 0.134. The number of hydrogen-bond donors (Lipinski definition) is 1. The van der Waals surface area contributed by atoms with Crippen molar-refractivity contribution in [1.82, 2.24) is 0 Å². The third-order valence-electron chi connectivity index (χ3n) is 3.48. The highest BCUT2D eigenvalue weighted by Crippen LogP contribution is 2.27. The zero-order valence-electron chi connectivity index (χ0n) is 10.2. The second-order valence-corrected chi connectivity index (χ2v) is 4.81. The van der Waals surface area contributed by atoms with Crippen molar-refractivity contribution in [2.45, 2.75) is 58.5 Å². The van der Waals surface area contributed by atoms with Gasteiger partial charge in [0.15, 0.2) is 0 Å². The van der Waals surface area contributed by atoms with Gasteiger partial charge in [-0.05, 0) is 31.6 Å². The van der Waals surface area contributed by atoms with Crippen LogP contribution in [-0.2, 0) is 4.74 Å². The first-order valence-corrected chi connectivity index (χ1v) is 6.55. The van der Waals surface area contributed by atoms with Crippen LogP contribution in [0.1, 0.15) is 52.4 Å². The van der Waals surface area contributed by atoms with Crippen molar-refractivity contribution in [3.8, 4) is 0 Å². The smallest absolute Gasteiger partial charge is 0.0618 e. The fourth-order valence-corrected chi connectivity index (χ4v) is 2.65. The van der Waals surface area contributed by atoms with Crippen molar-refractivity contribution < 1.29 is 9.84 Å². The van der Waals surface area contributed by atoms with Crippen LogP contribution < -0.4 is 0 Å². The van der Waals surface area contributed by atoms with Gasteiger partial charge in [0.25, 0.3) is 0 Å². The zero-order valence-corrected chi connectivity index (χ0v) is 10.2. The van der Waals surface area contributed by atoms with E-state index in [1.165, 1.54) is 12.8 Å². The van der Waals surface area contributed by atoms with E-state index < -0.39 is 0 Å². The molecule has 2 nitrogen and oxygen atoms in total. The SMILES string of the molecule is CCCC(CCC)C(O)C1CCCOC1. The number of aliphatic hydroxyl groups is 1. The largest absolute Gasteiger partial charge is 0.392 e. The van der Waals surface area contributed by atoms with Crippen molar-refractivity contribution in [1.29, 1.82) is 0 Å². The summed E-state index contributed by atoms with van der Waals surface area (Å²) >= 11 is 0. The first-order chi connectivity index (χ1) is 7.29. The van der Waals surface area contributed by atoms with E-state index in [9.17, 15) is 5.11 Å². The van der Waals surface area contributed by atoms with Crippen molar-refractivity contribution in [3.63, 3.8) is 0 Å². The molecule has 1 aliphatic heterocycles. The van der Waals surface area contributed by atoms with Crippen LogP contribution in [0.25, 0.3) is 0 Å². The fourth-order valence-electron chi connectivity index (χ4n) is 2.65.